The average molecular weight is 286 g/mol. The first-order valence-electron chi connectivity index (χ1n) is 5.79. The SMILES string of the molecule is O=[N+]([O-])c1ccc(N=NC(C=NO)c2ccncn2)cc1. The lowest BCUT2D eigenvalue weighted by atomic mass is 10.2. The molecule has 0 spiro atoms. The summed E-state index contributed by atoms with van der Waals surface area (Å²) in [6, 6.07) is 6.53. The molecule has 1 unspecified atom stereocenters. The van der Waals surface area contributed by atoms with E-state index in [1.165, 1.54) is 36.8 Å². The molecule has 1 atom stereocenters. The van der Waals surface area contributed by atoms with Gasteiger partial charge in [-0.15, -0.1) is 0 Å². The van der Waals surface area contributed by atoms with E-state index < -0.39 is 11.0 Å². The second kappa shape index (κ2) is 6.80. The Bertz CT molecular complexity index is 656. The van der Waals surface area contributed by atoms with Gasteiger partial charge in [-0.2, -0.15) is 10.2 Å². The van der Waals surface area contributed by atoms with Crippen LogP contribution in [0.5, 0.6) is 0 Å². The fraction of sp³-hybridized carbons (Fsp3) is 0.0833. The number of non-ortho nitro benzene ring substituents is 1. The highest BCUT2D eigenvalue weighted by atomic mass is 16.6. The van der Waals surface area contributed by atoms with Crippen molar-refractivity contribution < 1.29 is 10.1 Å². The second-order valence-corrected chi connectivity index (χ2v) is 3.83. The molecular weight excluding hydrogens is 276 g/mol. The number of nitro groups is 1. The highest BCUT2D eigenvalue weighted by Gasteiger charge is 2.09. The number of hydrogen-bond donors (Lipinski definition) is 1. The first-order chi connectivity index (χ1) is 10.2. The van der Waals surface area contributed by atoms with Gasteiger partial charge in [-0.05, 0) is 18.2 Å². The standard InChI is InChI=1S/C12H10N6O3/c19-15-7-12(11-5-6-13-8-14-11)17-16-9-1-3-10(4-2-9)18(20)21/h1-8,12,19H. The highest BCUT2D eigenvalue weighted by Crippen LogP contribution is 2.20. The van der Waals surface area contributed by atoms with Gasteiger partial charge in [-0.25, -0.2) is 9.97 Å². The molecule has 0 bridgehead atoms. The number of hydrogen-bond acceptors (Lipinski definition) is 8. The van der Waals surface area contributed by atoms with Crippen molar-refractivity contribution in [2.24, 2.45) is 15.4 Å². The number of rotatable bonds is 5. The number of nitro benzene ring substituents is 1. The molecule has 21 heavy (non-hydrogen) atoms. The molecule has 0 aliphatic carbocycles. The smallest absolute Gasteiger partial charge is 0.269 e. The lowest BCUT2D eigenvalue weighted by molar-refractivity contribution is -0.384. The summed E-state index contributed by atoms with van der Waals surface area (Å²) in [7, 11) is 0. The molecule has 2 aromatic rings. The van der Waals surface area contributed by atoms with E-state index in [-0.39, 0.29) is 5.69 Å². The van der Waals surface area contributed by atoms with Gasteiger partial charge in [0.15, 0.2) is 6.04 Å². The van der Waals surface area contributed by atoms with Gasteiger partial charge in [0.2, 0.25) is 0 Å². The molecule has 0 fully saturated rings. The van der Waals surface area contributed by atoms with Gasteiger partial charge >= 0.3 is 0 Å². The lowest BCUT2D eigenvalue weighted by Crippen LogP contribution is -1.99. The van der Waals surface area contributed by atoms with Crippen molar-refractivity contribution in [2.45, 2.75) is 6.04 Å². The number of azo groups is 1. The first kappa shape index (κ1) is 14.2. The minimum Gasteiger partial charge on any atom is -0.411 e. The first-order valence-corrected chi connectivity index (χ1v) is 5.79. The molecule has 1 N–H and O–H groups in total. The summed E-state index contributed by atoms with van der Waals surface area (Å²) in [4.78, 5) is 17.8. The molecule has 9 heteroatoms. The van der Waals surface area contributed by atoms with Crippen LogP contribution >= 0.6 is 0 Å². The Morgan fingerprint density at radius 3 is 2.62 bits per heavy atom. The van der Waals surface area contributed by atoms with Gasteiger partial charge in [-0.3, -0.25) is 10.1 Å². The Morgan fingerprint density at radius 1 is 1.29 bits per heavy atom. The highest BCUT2D eigenvalue weighted by molar-refractivity contribution is 5.65. The molecule has 0 aliphatic heterocycles. The third-order valence-electron chi connectivity index (χ3n) is 2.47. The van der Waals surface area contributed by atoms with Crippen LogP contribution in [0.3, 0.4) is 0 Å². The minimum absolute atomic E-state index is 0.0294. The molecule has 9 nitrogen and oxygen atoms in total. The van der Waals surface area contributed by atoms with Crippen LogP contribution in [0.1, 0.15) is 11.7 Å². The second-order valence-electron chi connectivity index (χ2n) is 3.83. The van der Waals surface area contributed by atoms with Crippen LogP contribution in [-0.4, -0.2) is 26.3 Å². The zero-order chi connectivity index (χ0) is 15.1. The summed E-state index contributed by atoms with van der Waals surface area (Å²) in [5.74, 6) is 0. The predicted molar refractivity (Wildman–Crippen MR) is 72.7 cm³/mol. The van der Waals surface area contributed by atoms with Crippen LogP contribution in [0.4, 0.5) is 11.4 Å². The molecule has 1 aromatic carbocycles. The van der Waals surface area contributed by atoms with Crippen LogP contribution in [-0.2, 0) is 0 Å². The maximum Gasteiger partial charge on any atom is 0.269 e. The van der Waals surface area contributed by atoms with Gasteiger partial charge in [0.1, 0.15) is 6.33 Å². The Hall–Kier alpha value is -3.23. The van der Waals surface area contributed by atoms with E-state index in [0.717, 1.165) is 6.21 Å². The van der Waals surface area contributed by atoms with E-state index in [2.05, 4.69) is 25.4 Å². The zero-order valence-electron chi connectivity index (χ0n) is 10.6. The van der Waals surface area contributed by atoms with E-state index >= 15 is 0 Å². The van der Waals surface area contributed by atoms with E-state index in [1.54, 1.807) is 6.07 Å². The quantitative estimate of drug-likeness (QED) is 0.297. The monoisotopic (exact) mass is 286 g/mol. The molecule has 0 aliphatic rings. The van der Waals surface area contributed by atoms with Crippen LogP contribution in [0.15, 0.2) is 58.2 Å². The maximum absolute atomic E-state index is 10.5. The van der Waals surface area contributed by atoms with Gasteiger partial charge in [0.05, 0.1) is 22.5 Å². The third-order valence-corrected chi connectivity index (χ3v) is 2.47. The van der Waals surface area contributed by atoms with Crippen LogP contribution in [0, 0.1) is 10.1 Å². The van der Waals surface area contributed by atoms with E-state index in [4.69, 9.17) is 5.21 Å². The molecular formula is C12H10N6O3. The van der Waals surface area contributed by atoms with Crippen LogP contribution in [0.2, 0.25) is 0 Å². The Morgan fingerprint density at radius 2 is 2.05 bits per heavy atom. The molecule has 1 aromatic heterocycles. The van der Waals surface area contributed by atoms with Crippen molar-refractivity contribution in [3.63, 3.8) is 0 Å². The van der Waals surface area contributed by atoms with Gasteiger partial charge in [0, 0.05) is 18.3 Å². The minimum atomic E-state index is -0.673. The number of benzene rings is 1. The van der Waals surface area contributed by atoms with Crippen LogP contribution < -0.4 is 0 Å². The maximum atomic E-state index is 10.5. The number of aromatic nitrogens is 2. The normalized spacial score (nSPS) is 12.8. The van der Waals surface area contributed by atoms with Gasteiger partial charge in [-0.1, -0.05) is 5.16 Å². The molecule has 2 rings (SSSR count). The van der Waals surface area contributed by atoms with Crippen molar-refractivity contribution in [3.8, 4) is 0 Å². The van der Waals surface area contributed by atoms with E-state index in [0.29, 0.717) is 11.4 Å². The Labute approximate surface area is 118 Å². The van der Waals surface area contributed by atoms with Crippen molar-refractivity contribution in [1.82, 2.24) is 9.97 Å². The molecule has 0 saturated heterocycles. The van der Waals surface area contributed by atoms with E-state index in [1.807, 2.05) is 0 Å². The molecule has 0 saturated carbocycles. The average Bonchev–Trinajstić information content (AvgIpc) is 2.52. The summed E-state index contributed by atoms with van der Waals surface area (Å²) < 4.78 is 0. The van der Waals surface area contributed by atoms with Gasteiger partial charge < -0.3 is 5.21 Å². The van der Waals surface area contributed by atoms with Crippen molar-refractivity contribution in [1.29, 1.82) is 0 Å². The predicted octanol–water partition coefficient (Wildman–Crippen LogP) is 2.67. The Balaban J connectivity index is 2.18. The van der Waals surface area contributed by atoms with Gasteiger partial charge in [0.25, 0.3) is 5.69 Å². The molecule has 106 valence electrons. The summed E-state index contributed by atoms with van der Waals surface area (Å²) in [6.07, 6.45) is 4.04. The van der Waals surface area contributed by atoms with Crippen molar-refractivity contribution >= 4 is 17.6 Å². The summed E-state index contributed by atoms with van der Waals surface area (Å²) in [6.45, 7) is 0. The fourth-order valence-electron chi connectivity index (χ4n) is 1.47. The fourth-order valence-corrected chi connectivity index (χ4v) is 1.47. The Kier molecular flexibility index (Phi) is 4.59. The molecule has 0 amide bonds. The summed E-state index contributed by atoms with van der Waals surface area (Å²) in [5, 5.41) is 30.0. The van der Waals surface area contributed by atoms with E-state index in [9.17, 15) is 10.1 Å². The summed E-state index contributed by atoms with van der Waals surface area (Å²) in [5.41, 5.74) is 0.915. The third kappa shape index (κ3) is 3.86. The largest absolute Gasteiger partial charge is 0.411 e. The zero-order valence-corrected chi connectivity index (χ0v) is 10.6. The molecule has 1 heterocycles. The van der Waals surface area contributed by atoms with Crippen molar-refractivity contribution in [2.75, 3.05) is 0 Å². The lowest BCUT2D eigenvalue weighted by Gasteiger charge is -2.03. The van der Waals surface area contributed by atoms with Crippen molar-refractivity contribution in [3.05, 3.63) is 58.7 Å². The molecule has 0 radical (unpaired) electrons. The topological polar surface area (TPSA) is 126 Å². The number of nitrogens with zero attached hydrogens (tertiary/aromatic N) is 6. The number of oxime groups is 1. The van der Waals surface area contributed by atoms with Crippen LogP contribution in [0.25, 0.3) is 0 Å². The summed E-state index contributed by atoms with van der Waals surface area (Å²) >= 11 is 0.